The molecular formula is C19H21NO4S. The summed E-state index contributed by atoms with van der Waals surface area (Å²) in [6.45, 7) is 0. The van der Waals surface area contributed by atoms with E-state index in [2.05, 4.69) is 0 Å². The monoisotopic (exact) mass is 359 g/mol. The fourth-order valence-corrected chi connectivity index (χ4v) is 5.85. The lowest BCUT2D eigenvalue weighted by atomic mass is 9.87. The van der Waals surface area contributed by atoms with E-state index in [9.17, 15) is 13.2 Å². The summed E-state index contributed by atoms with van der Waals surface area (Å²) in [6, 6.07) is 17.1. The van der Waals surface area contributed by atoms with Crippen LogP contribution >= 0.6 is 0 Å². The van der Waals surface area contributed by atoms with Gasteiger partial charge < -0.3 is 0 Å². The molecule has 6 heteroatoms. The van der Waals surface area contributed by atoms with Gasteiger partial charge in [-0.05, 0) is 29.5 Å². The number of sulfone groups is 1. The average molecular weight is 359 g/mol. The van der Waals surface area contributed by atoms with Gasteiger partial charge in [0.1, 0.15) is 4.75 Å². The van der Waals surface area contributed by atoms with Crippen LogP contribution in [0.1, 0.15) is 31.2 Å². The third-order valence-electron chi connectivity index (χ3n) is 4.93. The summed E-state index contributed by atoms with van der Waals surface area (Å²) in [5, 5.41) is 8.90. The maximum atomic E-state index is 12.8. The molecule has 132 valence electrons. The van der Waals surface area contributed by atoms with Crippen LogP contribution in [0.25, 0.3) is 11.1 Å². The number of hydroxylamine groups is 1. The molecule has 1 heterocycles. The highest BCUT2D eigenvalue weighted by molar-refractivity contribution is 7.92. The number of hydrogen-bond donors (Lipinski definition) is 2. The van der Waals surface area contributed by atoms with E-state index in [0.29, 0.717) is 18.4 Å². The van der Waals surface area contributed by atoms with E-state index in [-0.39, 0.29) is 12.2 Å². The fraction of sp³-hybridized carbons (Fsp3) is 0.316. The molecule has 1 atom stereocenters. The van der Waals surface area contributed by atoms with Crippen molar-refractivity contribution in [3.63, 3.8) is 0 Å². The van der Waals surface area contributed by atoms with Gasteiger partial charge in [0.25, 0.3) is 0 Å². The van der Waals surface area contributed by atoms with Gasteiger partial charge in [0.05, 0.1) is 12.2 Å². The molecule has 0 aromatic heterocycles. The zero-order valence-electron chi connectivity index (χ0n) is 13.8. The van der Waals surface area contributed by atoms with E-state index in [0.717, 1.165) is 17.5 Å². The lowest BCUT2D eigenvalue weighted by Crippen LogP contribution is -2.44. The first-order valence-corrected chi connectivity index (χ1v) is 9.95. The summed E-state index contributed by atoms with van der Waals surface area (Å²) in [4.78, 5) is 11.8. The molecule has 0 saturated carbocycles. The Balaban J connectivity index is 2.03. The maximum Gasteiger partial charge on any atom is 0.245 e. The number of nitrogens with one attached hydrogen (secondary N) is 1. The first-order chi connectivity index (χ1) is 12.0. The highest BCUT2D eigenvalue weighted by atomic mass is 32.2. The molecule has 1 unspecified atom stereocenters. The molecular weight excluding hydrogens is 338 g/mol. The Hall–Kier alpha value is -2.18. The highest BCUT2D eigenvalue weighted by Gasteiger charge is 2.48. The van der Waals surface area contributed by atoms with Crippen LogP contribution in [0.2, 0.25) is 0 Å². The first-order valence-electron chi connectivity index (χ1n) is 8.30. The first kappa shape index (κ1) is 17.6. The lowest BCUT2D eigenvalue weighted by molar-refractivity contribution is -0.130. The van der Waals surface area contributed by atoms with Gasteiger partial charge in [-0.15, -0.1) is 0 Å². The minimum Gasteiger partial charge on any atom is -0.289 e. The van der Waals surface area contributed by atoms with Crippen molar-refractivity contribution in [2.75, 3.05) is 5.75 Å². The van der Waals surface area contributed by atoms with Gasteiger partial charge in [0.2, 0.25) is 5.91 Å². The van der Waals surface area contributed by atoms with Crippen molar-refractivity contribution in [1.29, 1.82) is 0 Å². The van der Waals surface area contributed by atoms with Crippen LogP contribution in [-0.4, -0.2) is 25.3 Å². The zero-order valence-corrected chi connectivity index (χ0v) is 14.6. The molecule has 0 radical (unpaired) electrons. The molecule has 2 aromatic carbocycles. The van der Waals surface area contributed by atoms with Crippen LogP contribution in [0, 0.1) is 0 Å². The molecule has 2 N–H and O–H groups in total. The van der Waals surface area contributed by atoms with Crippen LogP contribution in [0.3, 0.4) is 0 Å². The van der Waals surface area contributed by atoms with Gasteiger partial charge in [0.15, 0.2) is 9.84 Å². The molecule has 2 aromatic rings. The van der Waals surface area contributed by atoms with E-state index in [4.69, 9.17) is 5.21 Å². The predicted molar refractivity (Wildman–Crippen MR) is 95.7 cm³/mol. The van der Waals surface area contributed by atoms with Gasteiger partial charge in [-0.2, -0.15) is 0 Å². The van der Waals surface area contributed by atoms with Crippen molar-refractivity contribution >= 4 is 15.7 Å². The number of amides is 1. The number of carbonyl (C=O) groups excluding carboxylic acids is 1. The van der Waals surface area contributed by atoms with E-state index < -0.39 is 20.5 Å². The van der Waals surface area contributed by atoms with Crippen molar-refractivity contribution in [3.05, 3.63) is 60.2 Å². The van der Waals surface area contributed by atoms with Crippen molar-refractivity contribution < 1.29 is 18.4 Å². The number of hydrogen-bond acceptors (Lipinski definition) is 4. The molecule has 0 spiro atoms. The Labute approximate surface area is 147 Å². The highest BCUT2D eigenvalue weighted by Crippen LogP contribution is 2.43. The smallest absolute Gasteiger partial charge is 0.245 e. The largest absolute Gasteiger partial charge is 0.289 e. The Kier molecular flexibility index (Phi) is 4.92. The summed E-state index contributed by atoms with van der Waals surface area (Å²) in [6.07, 6.45) is 1.45. The molecule has 1 aliphatic heterocycles. The number of carbonyl (C=O) groups is 1. The van der Waals surface area contributed by atoms with E-state index in [1.54, 1.807) is 17.6 Å². The Morgan fingerprint density at radius 2 is 1.64 bits per heavy atom. The molecule has 0 aliphatic carbocycles. The molecule has 1 fully saturated rings. The third kappa shape index (κ3) is 3.32. The normalized spacial score (nSPS) is 22.3. The minimum atomic E-state index is -3.49. The SMILES string of the molecule is O=C(CC1(c2ccc(-c3ccccc3)cc2)CCCCS1(=O)=O)NO. The van der Waals surface area contributed by atoms with Gasteiger partial charge in [-0.25, -0.2) is 13.9 Å². The van der Waals surface area contributed by atoms with Crippen LogP contribution in [0.15, 0.2) is 54.6 Å². The topological polar surface area (TPSA) is 83.5 Å². The van der Waals surface area contributed by atoms with Crippen LogP contribution < -0.4 is 5.48 Å². The predicted octanol–water partition coefficient (Wildman–Crippen LogP) is 3.04. The van der Waals surface area contributed by atoms with Crippen molar-refractivity contribution in [2.45, 2.75) is 30.4 Å². The van der Waals surface area contributed by atoms with E-state index >= 15 is 0 Å². The third-order valence-corrected chi connectivity index (χ3v) is 7.53. The van der Waals surface area contributed by atoms with Crippen molar-refractivity contribution in [3.8, 4) is 11.1 Å². The minimum absolute atomic E-state index is 0.0617. The molecule has 1 saturated heterocycles. The molecule has 5 nitrogen and oxygen atoms in total. The Morgan fingerprint density at radius 3 is 2.24 bits per heavy atom. The van der Waals surface area contributed by atoms with Crippen LogP contribution in [0.4, 0.5) is 0 Å². The Bertz CT molecular complexity index is 847. The second kappa shape index (κ2) is 6.98. The average Bonchev–Trinajstić information content (AvgIpc) is 2.64. The van der Waals surface area contributed by atoms with E-state index in [1.807, 2.05) is 42.5 Å². The molecule has 1 amide bonds. The second-order valence-electron chi connectivity index (χ2n) is 6.43. The zero-order chi connectivity index (χ0) is 17.9. The number of rotatable bonds is 4. The summed E-state index contributed by atoms with van der Waals surface area (Å²) in [5.41, 5.74) is 4.22. The molecule has 1 aliphatic rings. The van der Waals surface area contributed by atoms with E-state index in [1.165, 1.54) is 0 Å². The quantitative estimate of drug-likeness (QED) is 0.649. The van der Waals surface area contributed by atoms with Crippen LogP contribution in [-0.2, 0) is 19.4 Å². The number of benzene rings is 2. The molecule has 25 heavy (non-hydrogen) atoms. The van der Waals surface area contributed by atoms with Crippen molar-refractivity contribution in [2.24, 2.45) is 0 Å². The van der Waals surface area contributed by atoms with Gasteiger partial charge in [-0.3, -0.25) is 10.0 Å². The summed E-state index contributed by atoms with van der Waals surface area (Å²) in [5.74, 6) is -0.621. The van der Waals surface area contributed by atoms with Gasteiger partial charge >= 0.3 is 0 Å². The summed E-state index contributed by atoms with van der Waals surface area (Å²) >= 11 is 0. The van der Waals surface area contributed by atoms with Crippen molar-refractivity contribution in [1.82, 2.24) is 5.48 Å². The molecule has 0 bridgehead atoms. The van der Waals surface area contributed by atoms with Crippen LogP contribution in [0.5, 0.6) is 0 Å². The standard InChI is InChI=1S/C19H21NO4S/c21-18(20-22)14-19(12-4-5-13-25(19,23)24)17-10-8-16(9-11-17)15-6-2-1-3-7-15/h1-3,6-11,22H,4-5,12-14H2,(H,20,21). The van der Waals surface area contributed by atoms with Gasteiger partial charge in [0, 0.05) is 0 Å². The Morgan fingerprint density at radius 1 is 1.00 bits per heavy atom. The second-order valence-corrected chi connectivity index (χ2v) is 8.84. The maximum absolute atomic E-state index is 12.8. The summed E-state index contributed by atoms with van der Waals surface area (Å²) in [7, 11) is -3.49. The fourth-order valence-electron chi connectivity index (χ4n) is 3.57. The molecule has 3 rings (SSSR count). The van der Waals surface area contributed by atoms with Gasteiger partial charge in [-0.1, -0.05) is 61.0 Å². The lowest BCUT2D eigenvalue weighted by Gasteiger charge is -2.36. The summed E-state index contributed by atoms with van der Waals surface area (Å²) < 4.78 is 24.4.